The Morgan fingerprint density at radius 3 is 1.38 bits per heavy atom. The first kappa shape index (κ1) is 13.0. The third-order valence-electron chi connectivity index (χ3n) is 4.14. The molecule has 4 aromatic carbocycles. The molecule has 96 valence electrons. The van der Waals surface area contributed by atoms with Gasteiger partial charge in [0.25, 0.3) is 0 Å². The van der Waals surface area contributed by atoms with Crippen LogP contribution in [0, 0.1) is 0 Å². The molecule has 0 amide bonds. The predicted octanol–water partition coefficient (Wildman–Crippen LogP) is 4.03. The van der Waals surface area contributed by atoms with Crippen LogP contribution >= 0.6 is 0 Å². The summed E-state index contributed by atoms with van der Waals surface area (Å²) in [5.74, 6) is 0. The second kappa shape index (κ2) is 5.61. The molecule has 0 N–H and O–H groups in total. The van der Waals surface area contributed by atoms with E-state index in [1.807, 2.05) is 0 Å². The summed E-state index contributed by atoms with van der Waals surface area (Å²) in [4.78, 5) is 0. The Morgan fingerprint density at radius 2 is 0.857 bits per heavy atom. The second-order valence-electron chi connectivity index (χ2n) is 5.45. The molecular formula is C20H14Hg. The fourth-order valence-electron chi connectivity index (χ4n) is 3.10. The van der Waals surface area contributed by atoms with Crippen molar-refractivity contribution in [3.63, 3.8) is 0 Å². The van der Waals surface area contributed by atoms with Crippen LogP contribution in [0.5, 0.6) is 0 Å². The van der Waals surface area contributed by atoms with Gasteiger partial charge in [-0.15, -0.1) is 0 Å². The Bertz CT molecular complexity index is 837. The van der Waals surface area contributed by atoms with Crippen molar-refractivity contribution >= 4 is 27.7 Å². The van der Waals surface area contributed by atoms with Crippen LogP contribution in [0.4, 0.5) is 0 Å². The van der Waals surface area contributed by atoms with Gasteiger partial charge in [-0.25, -0.2) is 0 Å². The fourth-order valence-corrected chi connectivity index (χ4v) is 10.7. The van der Waals surface area contributed by atoms with Crippen molar-refractivity contribution in [2.45, 2.75) is 0 Å². The first-order valence-electron chi connectivity index (χ1n) is 7.35. The third kappa shape index (κ3) is 2.49. The summed E-state index contributed by atoms with van der Waals surface area (Å²) in [6, 6.07) is 31.1. The van der Waals surface area contributed by atoms with Gasteiger partial charge in [-0.3, -0.25) is 0 Å². The molecule has 0 aromatic heterocycles. The van der Waals surface area contributed by atoms with E-state index in [1.54, 1.807) is 6.14 Å². The van der Waals surface area contributed by atoms with Crippen molar-refractivity contribution in [3.8, 4) is 0 Å². The first-order chi connectivity index (χ1) is 10.4. The van der Waals surface area contributed by atoms with Gasteiger partial charge in [0, 0.05) is 0 Å². The monoisotopic (exact) mass is 456 g/mol. The zero-order valence-corrected chi connectivity index (χ0v) is 17.3. The van der Waals surface area contributed by atoms with E-state index in [2.05, 4.69) is 84.9 Å². The number of benzene rings is 4. The summed E-state index contributed by atoms with van der Waals surface area (Å²) >= 11 is -1.35. The molecule has 21 heavy (non-hydrogen) atoms. The molecule has 4 rings (SSSR count). The minimum atomic E-state index is -1.35. The Balaban J connectivity index is 1.87. The Hall–Kier alpha value is -1.66. The molecule has 0 nitrogen and oxygen atoms in total. The number of fused-ring (bicyclic) bond motifs is 2. The summed E-state index contributed by atoms with van der Waals surface area (Å²) in [7, 11) is 0. The van der Waals surface area contributed by atoms with Gasteiger partial charge in [-0.05, 0) is 0 Å². The Morgan fingerprint density at radius 1 is 0.429 bits per heavy atom. The minimum absolute atomic E-state index is 1.35. The molecule has 1 heteroatoms. The zero-order valence-electron chi connectivity index (χ0n) is 11.8. The van der Waals surface area contributed by atoms with Gasteiger partial charge in [0.15, 0.2) is 0 Å². The number of rotatable bonds is 2. The molecule has 0 bridgehead atoms. The summed E-state index contributed by atoms with van der Waals surface area (Å²) in [6.07, 6.45) is 0. The van der Waals surface area contributed by atoms with Crippen molar-refractivity contribution in [2.75, 3.05) is 0 Å². The van der Waals surface area contributed by atoms with E-state index >= 15 is 0 Å². The first-order valence-corrected chi connectivity index (χ1v) is 12.8. The van der Waals surface area contributed by atoms with E-state index in [0.29, 0.717) is 0 Å². The van der Waals surface area contributed by atoms with Gasteiger partial charge in [0.05, 0.1) is 0 Å². The third-order valence-corrected chi connectivity index (χ3v) is 11.9. The van der Waals surface area contributed by atoms with Crippen LogP contribution in [0.1, 0.15) is 0 Å². The van der Waals surface area contributed by atoms with Crippen molar-refractivity contribution in [1.82, 2.24) is 0 Å². The normalized spacial score (nSPS) is 10.7. The molecule has 0 atom stereocenters. The Kier molecular flexibility index (Phi) is 3.48. The average Bonchev–Trinajstić information content (AvgIpc) is 2.56. The molecule has 0 aliphatic carbocycles. The van der Waals surface area contributed by atoms with Gasteiger partial charge in [0.1, 0.15) is 0 Å². The van der Waals surface area contributed by atoms with Crippen LogP contribution in [-0.4, -0.2) is 0 Å². The summed E-state index contributed by atoms with van der Waals surface area (Å²) in [5, 5.41) is 5.65. The number of hydrogen-bond acceptors (Lipinski definition) is 0. The van der Waals surface area contributed by atoms with E-state index in [0.717, 1.165) is 0 Å². The summed E-state index contributed by atoms with van der Waals surface area (Å²) in [6.45, 7) is 0. The number of hydrogen-bond donors (Lipinski definition) is 0. The molecule has 0 fully saturated rings. The molecule has 0 spiro atoms. The average molecular weight is 455 g/mol. The van der Waals surface area contributed by atoms with Crippen LogP contribution in [0.2, 0.25) is 0 Å². The SMILES string of the molecule is c1ccc2[c]([Hg][c]3cccc4ccccc34)cccc2c1. The molecule has 0 radical (unpaired) electrons. The van der Waals surface area contributed by atoms with Crippen LogP contribution in [0.25, 0.3) is 21.5 Å². The van der Waals surface area contributed by atoms with Crippen molar-refractivity contribution in [2.24, 2.45) is 0 Å². The molecule has 0 aliphatic heterocycles. The van der Waals surface area contributed by atoms with Crippen LogP contribution < -0.4 is 6.14 Å². The van der Waals surface area contributed by atoms with Crippen molar-refractivity contribution in [1.29, 1.82) is 0 Å². The standard InChI is InChI=1S/2C10H7.Hg/c2*1-2-6-10-8-4-3-7-9(10)5-1;/h2*1-7H;. The maximum absolute atomic E-state index is 2.34. The summed E-state index contributed by atoms with van der Waals surface area (Å²) < 4.78 is 3.23. The molecule has 0 heterocycles. The summed E-state index contributed by atoms with van der Waals surface area (Å²) in [5.41, 5.74) is 0. The van der Waals surface area contributed by atoms with Gasteiger partial charge >= 0.3 is 137 Å². The van der Waals surface area contributed by atoms with Gasteiger partial charge in [-0.2, -0.15) is 0 Å². The van der Waals surface area contributed by atoms with Crippen LogP contribution in [0.3, 0.4) is 0 Å². The van der Waals surface area contributed by atoms with E-state index in [4.69, 9.17) is 0 Å². The topological polar surface area (TPSA) is 0 Å². The van der Waals surface area contributed by atoms with Crippen LogP contribution in [0.15, 0.2) is 84.9 Å². The van der Waals surface area contributed by atoms with E-state index in [-0.39, 0.29) is 0 Å². The van der Waals surface area contributed by atoms with Gasteiger partial charge in [-0.1, -0.05) is 0 Å². The van der Waals surface area contributed by atoms with Gasteiger partial charge < -0.3 is 0 Å². The molecular weight excluding hydrogens is 441 g/mol. The van der Waals surface area contributed by atoms with E-state index < -0.39 is 24.6 Å². The quantitative estimate of drug-likeness (QED) is 0.401. The van der Waals surface area contributed by atoms with Crippen molar-refractivity contribution < 1.29 is 24.6 Å². The fraction of sp³-hybridized carbons (Fsp3) is 0. The molecule has 0 saturated heterocycles. The Labute approximate surface area is 136 Å². The maximum atomic E-state index is 2.34. The van der Waals surface area contributed by atoms with Crippen molar-refractivity contribution in [3.05, 3.63) is 84.9 Å². The van der Waals surface area contributed by atoms with E-state index in [1.165, 1.54) is 21.5 Å². The van der Waals surface area contributed by atoms with E-state index in [9.17, 15) is 0 Å². The second-order valence-corrected chi connectivity index (χ2v) is 12.8. The van der Waals surface area contributed by atoms with Crippen LogP contribution in [-0.2, 0) is 24.6 Å². The predicted molar refractivity (Wildman–Crippen MR) is 87.2 cm³/mol. The molecule has 4 aromatic rings. The van der Waals surface area contributed by atoms with Gasteiger partial charge in [0.2, 0.25) is 0 Å². The molecule has 0 aliphatic rings. The molecule has 0 saturated carbocycles. The molecule has 0 unspecified atom stereocenters. The zero-order chi connectivity index (χ0) is 14.1.